The van der Waals surface area contributed by atoms with Gasteiger partial charge >= 0.3 is 6.01 Å². The van der Waals surface area contributed by atoms with Crippen LogP contribution in [0.25, 0.3) is 32.9 Å². The molecule has 0 amide bonds. The van der Waals surface area contributed by atoms with Crippen LogP contribution in [0.2, 0.25) is 0 Å². The number of pyridine rings is 1. The number of aromatic hydroxyl groups is 1. The number of methoxy groups -OCH3 is 1. The average molecular weight is 614 g/mol. The molecule has 8 nitrogen and oxygen atoms in total. The van der Waals surface area contributed by atoms with E-state index in [1.54, 1.807) is 13.3 Å². The van der Waals surface area contributed by atoms with Gasteiger partial charge in [-0.2, -0.15) is 9.97 Å². The number of ether oxygens (including phenoxy) is 2. The van der Waals surface area contributed by atoms with Crippen LogP contribution < -0.4 is 9.64 Å². The largest absolute Gasteiger partial charge is 0.508 e. The van der Waals surface area contributed by atoms with Crippen molar-refractivity contribution in [2.45, 2.75) is 57.0 Å². The summed E-state index contributed by atoms with van der Waals surface area (Å²) in [6, 6.07) is 6.03. The van der Waals surface area contributed by atoms with Gasteiger partial charge in [0.25, 0.3) is 0 Å². The highest BCUT2D eigenvalue weighted by Gasteiger charge is 2.49. The van der Waals surface area contributed by atoms with E-state index in [0.717, 1.165) is 58.2 Å². The summed E-state index contributed by atoms with van der Waals surface area (Å²) in [5, 5.41) is 11.8. The highest BCUT2D eigenvalue weighted by atomic mass is 19.1. The van der Waals surface area contributed by atoms with Gasteiger partial charge in [0.2, 0.25) is 0 Å². The van der Waals surface area contributed by atoms with Gasteiger partial charge in [0.05, 0.1) is 23.1 Å². The molecule has 45 heavy (non-hydrogen) atoms. The van der Waals surface area contributed by atoms with Gasteiger partial charge in [0.15, 0.2) is 5.82 Å². The van der Waals surface area contributed by atoms with Crippen molar-refractivity contribution in [2.24, 2.45) is 5.92 Å². The Morgan fingerprint density at radius 1 is 1.13 bits per heavy atom. The van der Waals surface area contributed by atoms with Crippen molar-refractivity contribution in [3.8, 4) is 35.4 Å². The lowest BCUT2D eigenvalue weighted by atomic mass is 9.95. The molecule has 2 aromatic carbocycles. The molecule has 3 unspecified atom stereocenters. The first kappa shape index (κ1) is 29.6. The molecule has 5 heterocycles. The summed E-state index contributed by atoms with van der Waals surface area (Å²) < 4.78 is 43.5. The van der Waals surface area contributed by atoms with E-state index in [1.165, 1.54) is 24.3 Å². The quantitative estimate of drug-likeness (QED) is 0.252. The molecule has 1 N–H and O–H groups in total. The van der Waals surface area contributed by atoms with Crippen LogP contribution in [0.3, 0.4) is 0 Å². The molecule has 0 bridgehead atoms. The van der Waals surface area contributed by atoms with Crippen molar-refractivity contribution in [3.63, 3.8) is 0 Å². The number of halogens is 2. The number of phenols is 1. The molecule has 3 saturated heterocycles. The van der Waals surface area contributed by atoms with Gasteiger partial charge in [0, 0.05) is 43.4 Å². The van der Waals surface area contributed by atoms with E-state index in [-0.39, 0.29) is 39.6 Å². The smallest absolute Gasteiger partial charge is 0.319 e. The second kappa shape index (κ2) is 11.7. The molecule has 10 heteroatoms. The number of phenolic OH excluding ortho intramolecular Hbond substituents is 1. The van der Waals surface area contributed by atoms with E-state index in [4.69, 9.17) is 20.9 Å². The van der Waals surface area contributed by atoms with Crippen LogP contribution in [0, 0.1) is 29.9 Å². The standard InChI is InChI=1S/C35H37F2N5O3/c1-4-25-28(36)9-8-22-15-24(43)16-26(29(22)25)31-30(37)32-27(17-38-31)33(41-13-5-7-21(2)18-41)40-34(39-32)45-20-35-11-6-14-42(35)23(10-12-35)19-44-3/h1,8-9,15-17,21,23,43H,5-7,10-14,18-20H2,2-3H3. The van der Waals surface area contributed by atoms with Gasteiger partial charge in [-0.15, -0.1) is 6.42 Å². The van der Waals surface area contributed by atoms with Gasteiger partial charge in [-0.1, -0.05) is 18.9 Å². The van der Waals surface area contributed by atoms with Gasteiger partial charge in [-0.25, -0.2) is 8.78 Å². The zero-order valence-electron chi connectivity index (χ0n) is 25.7. The molecular weight excluding hydrogens is 576 g/mol. The first-order chi connectivity index (χ1) is 21.8. The highest BCUT2D eigenvalue weighted by molar-refractivity contribution is 6.03. The van der Waals surface area contributed by atoms with E-state index in [0.29, 0.717) is 47.2 Å². The molecule has 0 aliphatic carbocycles. The molecule has 3 fully saturated rings. The molecule has 3 aliphatic rings. The fraction of sp³-hybridized carbons (Fsp3) is 0.457. The Morgan fingerprint density at radius 3 is 2.80 bits per heavy atom. The summed E-state index contributed by atoms with van der Waals surface area (Å²) in [6.45, 7) is 5.82. The predicted octanol–water partition coefficient (Wildman–Crippen LogP) is 6.07. The lowest BCUT2D eigenvalue weighted by Gasteiger charge is -2.35. The average Bonchev–Trinajstić information content (AvgIpc) is 3.60. The van der Waals surface area contributed by atoms with Crippen LogP contribution in [0.15, 0.2) is 30.5 Å². The minimum absolute atomic E-state index is 0.0257. The van der Waals surface area contributed by atoms with Crippen LogP contribution in [-0.4, -0.2) is 76.5 Å². The van der Waals surface area contributed by atoms with Gasteiger partial charge in [-0.3, -0.25) is 9.88 Å². The Balaban J connectivity index is 1.35. The Kier molecular flexibility index (Phi) is 7.70. The van der Waals surface area contributed by atoms with Crippen molar-refractivity contribution < 1.29 is 23.4 Å². The first-order valence-corrected chi connectivity index (χ1v) is 15.7. The lowest BCUT2D eigenvalue weighted by Crippen LogP contribution is -2.47. The molecule has 4 aromatic rings. The summed E-state index contributed by atoms with van der Waals surface area (Å²) >= 11 is 0. The number of hydrogen-bond acceptors (Lipinski definition) is 8. The molecule has 0 radical (unpaired) electrons. The van der Waals surface area contributed by atoms with Gasteiger partial charge in [-0.05, 0) is 74.6 Å². The van der Waals surface area contributed by atoms with Crippen molar-refractivity contribution in [1.29, 1.82) is 0 Å². The fourth-order valence-electron chi connectivity index (χ4n) is 7.83. The van der Waals surface area contributed by atoms with Crippen LogP contribution in [0.1, 0.15) is 51.0 Å². The number of aromatic nitrogens is 3. The molecule has 3 atom stereocenters. The van der Waals surface area contributed by atoms with Crippen LogP contribution >= 0.6 is 0 Å². The van der Waals surface area contributed by atoms with Crippen molar-refractivity contribution in [2.75, 3.05) is 44.9 Å². The summed E-state index contributed by atoms with van der Waals surface area (Å²) in [4.78, 5) is 18.7. The van der Waals surface area contributed by atoms with Crippen molar-refractivity contribution in [3.05, 3.63) is 47.7 Å². The molecule has 0 saturated carbocycles. The van der Waals surface area contributed by atoms with E-state index in [1.807, 2.05) is 0 Å². The summed E-state index contributed by atoms with van der Waals surface area (Å²) in [6.07, 6.45) is 13.5. The maximum absolute atomic E-state index is 16.8. The minimum atomic E-state index is -0.716. The normalized spacial score (nSPS) is 23.5. The van der Waals surface area contributed by atoms with Crippen LogP contribution in [-0.2, 0) is 4.74 Å². The highest BCUT2D eigenvalue weighted by Crippen LogP contribution is 2.43. The number of anilines is 1. The SMILES string of the molecule is C#Cc1c(F)ccc2cc(O)cc(-c3ncc4c(N5CCCC(C)C5)nc(OCC56CCCN5C(COC)CC6)nc4c3F)c12. The number of fused-ring (bicyclic) bond motifs is 3. The second-order valence-corrected chi connectivity index (χ2v) is 12.8. The molecular formula is C35H37F2N5O3. The monoisotopic (exact) mass is 613 g/mol. The molecule has 2 aromatic heterocycles. The van der Waals surface area contributed by atoms with Crippen LogP contribution in [0.5, 0.6) is 11.8 Å². The predicted molar refractivity (Wildman–Crippen MR) is 169 cm³/mol. The minimum Gasteiger partial charge on any atom is -0.508 e. The molecule has 3 aliphatic heterocycles. The Hall–Kier alpha value is -4.07. The lowest BCUT2D eigenvalue weighted by molar-refractivity contribution is 0.0521. The maximum atomic E-state index is 16.8. The Labute approximate surface area is 261 Å². The number of hydrogen-bond donors (Lipinski definition) is 1. The summed E-state index contributed by atoms with van der Waals surface area (Å²) in [7, 11) is 1.74. The number of rotatable bonds is 7. The van der Waals surface area contributed by atoms with E-state index in [2.05, 4.69) is 32.6 Å². The maximum Gasteiger partial charge on any atom is 0.319 e. The van der Waals surface area contributed by atoms with Crippen molar-refractivity contribution in [1.82, 2.24) is 19.9 Å². The second-order valence-electron chi connectivity index (χ2n) is 12.8. The molecule has 234 valence electrons. The van der Waals surface area contributed by atoms with Crippen molar-refractivity contribution >= 4 is 27.5 Å². The summed E-state index contributed by atoms with van der Waals surface area (Å²) in [5.74, 6) is 1.97. The third-order valence-electron chi connectivity index (χ3n) is 9.91. The zero-order chi connectivity index (χ0) is 31.3. The number of piperidine rings is 1. The number of benzene rings is 2. The number of terminal acetylenes is 1. The Bertz CT molecular complexity index is 1830. The third kappa shape index (κ3) is 5.12. The van der Waals surface area contributed by atoms with Gasteiger partial charge in [0.1, 0.15) is 35.2 Å². The fourth-order valence-corrected chi connectivity index (χ4v) is 7.83. The zero-order valence-corrected chi connectivity index (χ0v) is 25.7. The topological polar surface area (TPSA) is 83.8 Å². The Morgan fingerprint density at radius 2 is 2.00 bits per heavy atom. The molecule has 7 rings (SSSR count). The summed E-state index contributed by atoms with van der Waals surface area (Å²) in [5.41, 5.74) is -0.00645. The van der Waals surface area contributed by atoms with Crippen LogP contribution in [0.4, 0.5) is 14.6 Å². The van der Waals surface area contributed by atoms with E-state index < -0.39 is 11.6 Å². The first-order valence-electron chi connectivity index (χ1n) is 15.7. The number of nitrogens with zero attached hydrogens (tertiary/aromatic N) is 5. The van der Waals surface area contributed by atoms with Gasteiger partial charge < -0.3 is 19.5 Å². The molecule has 0 spiro atoms. The third-order valence-corrected chi connectivity index (χ3v) is 9.91. The van der Waals surface area contributed by atoms with E-state index in [9.17, 15) is 9.50 Å². The van der Waals surface area contributed by atoms with E-state index >= 15 is 4.39 Å².